The number of carboxylic acids is 1. The first-order chi connectivity index (χ1) is 12.0. The van der Waals surface area contributed by atoms with Crippen molar-refractivity contribution >= 4 is 17.8 Å². The summed E-state index contributed by atoms with van der Waals surface area (Å²) in [5.74, 6) is -1.54. The maximum absolute atomic E-state index is 11.8. The second-order valence-electron chi connectivity index (χ2n) is 6.47. The van der Waals surface area contributed by atoms with Gasteiger partial charge in [-0.05, 0) is 19.3 Å². The third kappa shape index (κ3) is 18.6. The van der Waals surface area contributed by atoms with Crippen LogP contribution in [-0.4, -0.2) is 30.4 Å². The number of aliphatic carboxylic acids is 1. The third-order valence-corrected chi connectivity index (χ3v) is 4.07. The van der Waals surface area contributed by atoms with E-state index in [4.69, 9.17) is 11.5 Å². The Kier molecular flexibility index (Phi) is 21.2. The number of nitrogens with zero attached hydrogens (tertiary/aromatic N) is 1. The number of rotatable bonds is 16. The van der Waals surface area contributed by atoms with Crippen LogP contribution in [0.4, 0.5) is 0 Å². The second kappa shape index (κ2) is 19.6. The molecule has 0 aliphatic carbocycles. The van der Waals surface area contributed by atoms with Crippen LogP contribution in [0.5, 0.6) is 0 Å². The second-order valence-corrected chi connectivity index (χ2v) is 6.47. The molecule has 5 N–H and O–H groups in total. The van der Waals surface area contributed by atoms with Crippen molar-refractivity contribution in [3.63, 3.8) is 0 Å². The Morgan fingerprint density at radius 3 is 2.00 bits per heavy atom. The molecule has 0 spiro atoms. The summed E-state index contributed by atoms with van der Waals surface area (Å²) in [6, 6.07) is -0.986. The summed E-state index contributed by atoms with van der Waals surface area (Å²) in [6.45, 7) is 2.54. The number of carbonyl (C=O) groups is 2. The molecule has 0 aliphatic rings. The van der Waals surface area contributed by atoms with Gasteiger partial charge in [-0.25, -0.2) is 0 Å². The van der Waals surface area contributed by atoms with Crippen LogP contribution in [-0.2, 0) is 9.59 Å². The summed E-state index contributed by atoms with van der Waals surface area (Å²) in [7, 11) is 0. The molecular formula is C18H35KN4O3. The Labute approximate surface area is 200 Å². The van der Waals surface area contributed by atoms with Crippen LogP contribution in [0, 0.1) is 0 Å². The van der Waals surface area contributed by atoms with Gasteiger partial charge in [-0.15, -0.1) is 0 Å². The van der Waals surface area contributed by atoms with Crippen molar-refractivity contribution < 1.29 is 66.1 Å². The summed E-state index contributed by atoms with van der Waals surface area (Å²) in [4.78, 5) is 26.7. The van der Waals surface area contributed by atoms with E-state index in [0.29, 0.717) is 19.4 Å². The van der Waals surface area contributed by atoms with Gasteiger partial charge in [0.05, 0.1) is 12.0 Å². The molecule has 0 aliphatic heterocycles. The smallest absolute Gasteiger partial charge is 0.548 e. The molecule has 0 saturated heterocycles. The van der Waals surface area contributed by atoms with Crippen LogP contribution >= 0.6 is 0 Å². The first-order valence-electron chi connectivity index (χ1n) is 9.53. The monoisotopic (exact) mass is 394 g/mol. The molecule has 146 valence electrons. The van der Waals surface area contributed by atoms with Gasteiger partial charge < -0.3 is 26.7 Å². The first-order valence-corrected chi connectivity index (χ1v) is 9.53. The van der Waals surface area contributed by atoms with Gasteiger partial charge in [0.25, 0.3) is 0 Å². The van der Waals surface area contributed by atoms with Crippen LogP contribution in [0.25, 0.3) is 0 Å². The zero-order valence-electron chi connectivity index (χ0n) is 16.6. The number of carboxylic acid groups (broad SMARTS) is 1. The molecule has 26 heavy (non-hydrogen) atoms. The molecule has 0 rings (SSSR count). The molecule has 1 atom stereocenters. The van der Waals surface area contributed by atoms with E-state index in [2.05, 4.69) is 17.2 Å². The van der Waals surface area contributed by atoms with Crippen LogP contribution in [0.1, 0.15) is 84.0 Å². The van der Waals surface area contributed by atoms with Crippen LogP contribution in [0.2, 0.25) is 0 Å². The third-order valence-electron chi connectivity index (χ3n) is 4.07. The predicted molar refractivity (Wildman–Crippen MR) is 98.7 cm³/mol. The fraction of sp³-hybridized carbons (Fsp3) is 0.833. The number of guanidine groups is 1. The van der Waals surface area contributed by atoms with Crippen LogP contribution in [0.3, 0.4) is 0 Å². The van der Waals surface area contributed by atoms with Crippen molar-refractivity contribution in [1.29, 1.82) is 0 Å². The molecule has 1 amide bonds. The van der Waals surface area contributed by atoms with Gasteiger partial charge in [0.15, 0.2) is 5.96 Å². The Hall–Kier alpha value is -0.154. The van der Waals surface area contributed by atoms with Gasteiger partial charge in [0.2, 0.25) is 5.91 Å². The molecule has 7 nitrogen and oxygen atoms in total. The average Bonchev–Trinajstić information content (AvgIpc) is 2.55. The van der Waals surface area contributed by atoms with Crippen molar-refractivity contribution in [1.82, 2.24) is 5.32 Å². The zero-order chi connectivity index (χ0) is 18.9. The van der Waals surface area contributed by atoms with E-state index in [1.165, 1.54) is 38.5 Å². The minimum absolute atomic E-state index is 0. The van der Waals surface area contributed by atoms with E-state index in [1.807, 2.05) is 0 Å². The molecule has 0 saturated carbocycles. The van der Waals surface area contributed by atoms with Gasteiger partial charge in [0.1, 0.15) is 0 Å². The fourth-order valence-corrected chi connectivity index (χ4v) is 2.62. The van der Waals surface area contributed by atoms with E-state index >= 15 is 0 Å². The minimum atomic E-state index is -1.27. The Bertz CT molecular complexity index is 402. The fourth-order valence-electron chi connectivity index (χ4n) is 2.62. The molecule has 0 fully saturated rings. The van der Waals surface area contributed by atoms with Crippen LogP contribution < -0.4 is 73.3 Å². The number of amides is 1. The maximum atomic E-state index is 11.8. The molecule has 0 radical (unpaired) electrons. The zero-order valence-corrected chi connectivity index (χ0v) is 19.7. The summed E-state index contributed by atoms with van der Waals surface area (Å²) in [5, 5.41) is 13.6. The van der Waals surface area contributed by atoms with Crippen molar-refractivity contribution in [2.45, 2.75) is 90.0 Å². The number of hydrogen-bond donors (Lipinski definition) is 3. The molecule has 0 aromatic carbocycles. The summed E-state index contributed by atoms with van der Waals surface area (Å²) >= 11 is 0. The normalized spacial score (nSPS) is 11.3. The van der Waals surface area contributed by atoms with E-state index in [1.54, 1.807) is 0 Å². The first kappa shape index (κ1) is 28.1. The van der Waals surface area contributed by atoms with E-state index < -0.39 is 12.0 Å². The molecule has 0 bridgehead atoms. The SMILES string of the molecule is CCCCCCCCCCCC(=O)N[C@H](CCCN=C(N)N)C(=O)[O-].[K+]. The number of carbonyl (C=O) groups excluding carboxylic acids is 2. The van der Waals surface area contributed by atoms with E-state index in [9.17, 15) is 14.7 Å². The number of aliphatic imine (C=N–C) groups is 1. The Balaban J connectivity index is 0. The van der Waals surface area contributed by atoms with E-state index in [0.717, 1.165) is 19.3 Å². The van der Waals surface area contributed by atoms with Gasteiger partial charge in [-0.3, -0.25) is 9.79 Å². The molecule has 0 heterocycles. The molecule has 0 aromatic heterocycles. The van der Waals surface area contributed by atoms with Gasteiger partial charge in [0, 0.05) is 13.0 Å². The predicted octanol–water partition coefficient (Wildman–Crippen LogP) is -1.80. The number of hydrogen-bond acceptors (Lipinski definition) is 4. The van der Waals surface area contributed by atoms with Gasteiger partial charge >= 0.3 is 51.4 Å². The topological polar surface area (TPSA) is 134 Å². The van der Waals surface area contributed by atoms with Crippen molar-refractivity contribution in [3.8, 4) is 0 Å². The molecule has 8 heteroatoms. The average molecular weight is 395 g/mol. The maximum Gasteiger partial charge on any atom is 1.00 e. The number of unbranched alkanes of at least 4 members (excludes halogenated alkanes) is 8. The molecule has 0 unspecified atom stereocenters. The Morgan fingerprint density at radius 1 is 0.962 bits per heavy atom. The van der Waals surface area contributed by atoms with Crippen molar-refractivity contribution in [2.75, 3.05) is 6.54 Å². The largest absolute Gasteiger partial charge is 1.00 e. The number of nitrogens with two attached hydrogens (primary N) is 2. The summed E-state index contributed by atoms with van der Waals surface area (Å²) < 4.78 is 0. The van der Waals surface area contributed by atoms with Crippen molar-refractivity contribution in [3.05, 3.63) is 0 Å². The summed E-state index contributed by atoms with van der Waals surface area (Å²) in [5.41, 5.74) is 10.4. The summed E-state index contributed by atoms with van der Waals surface area (Å²) in [6.07, 6.45) is 11.6. The van der Waals surface area contributed by atoms with Gasteiger partial charge in [-0.2, -0.15) is 0 Å². The van der Waals surface area contributed by atoms with Crippen LogP contribution in [0.15, 0.2) is 4.99 Å². The van der Waals surface area contributed by atoms with Crippen molar-refractivity contribution in [2.24, 2.45) is 16.5 Å². The number of nitrogens with one attached hydrogen (secondary N) is 1. The molecule has 0 aromatic rings. The van der Waals surface area contributed by atoms with Gasteiger partial charge in [-0.1, -0.05) is 58.3 Å². The quantitative estimate of drug-likeness (QED) is 0.123. The van der Waals surface area contributed by atoms with E-state index in [-0.39, 0.29) is 69.7 Å². The Morgan fingerprint density at radius 2 is 1.50 bits per heavy atom. The minimum Gasteiger partial charge on any atom is -0.548 e. The standard InChI is InChI=1S/C18H36N4O3.K/c1-2-3-4-5-6-7-8-9-10-13-16(23)22-15(17(24)25)12-11-14-21-18(19)20;/h15H,2-14H2,1H3,(H,22,23)(H,24,25)(H4,19,20,21);/q;+1/p-1/t15-;/m1./s1. The molecular weight excluding hydrogens is 359 g/mol.